The molecule has 1 aromatic rings. The van der Waals surface area contributed by atoms with Crippen LogP contribution in [0.3, 0.4) is 0 Å². The van der Waals surface area contributed by atoms with Crippen LogP contribution in [0.2, 0.25) is 0 Å². The van der Waals surface area contributed by atoms with E-state index in [0.717, 1.165) is 11.0 Å². The highest BCUT2D eigenvalue weighted by Crippen LogP contribution is 2.28. The quantitative estimate of drug-likeness (QED) is 0.620. The zero-order chi connectivity index (χ0) is 13.0. The van der Waals surface area contributed by atoms with E-state index in [1.165, 1.54) is 31.4 Å². The molecule has 0 amide bonds. The molecule has 0 spiro atoms. The minimum Gasteiger partial charge on any atom is -0.307 e. The van der Waals surface area contributed by atoms with Crippen molar-refractivity contribution in [2.75, 3.05) is 4.43 Å². The van der Waals surface area contributed by atoms with Crippen LogP contribution in [0.5, 0.6) is 0 Å². The summed E-state index contributed by atoms with van der Waals surface area (Å²) in [7, 11) is 0. The number of rotatable bonds is 6. The Morgan fingerprint density at radius 3 is 2.78 bits per heavy atom. The summed E-state index contributed by atoms with van der Waals surface area (Å²) in [5, 5.41) is 8.32. The summed E-state index contributed by atoms with van der Waals surface area (Å²) in [5.41, 5.74) is 1.18. The summed E-state index contributed by atoms with van der Waals surface area (Å²) in [6.07, 6.45) is 7.49. The van der Waals surface area contributed by atoms with Crippen molar-refractivity contribution in [3.63, 3.8) is 0 Å². The Labute approximate surface area is 124 Å². The molecule has 0 bridgehead atoms. The van der Waals surface area contributed by atoms with Gasteiger partial charge in [-0.05, 0) is 24.8 Å². The Morgan fingerprint density at radius 1 is 1.44 bits per heavy atom. The van der Waals surface area contributed by atoms with Gasteiger partial charge in [-0.25, -0.2) is 0 Å². The first-order valence-electron chi connectivity index (χ1n) is 7.04. The fourth-order valence-electron chi connectivity index (χ4n) is 2.55. The van der Waals surface area contributed by atoms with Gasteiger partial charge < -0.3 is 5.32 Å². The standard InChI is InChI=1S/C14H24IN3/c1-11(2)14(9-15)16-10-12-7-8-18(17-12)13-5-3-4-6-13/h7-8,11,13-14,16H,3-6,9-10H2,1-2H3. The molecule has 1 aliphatic carbocycles. The van der Waals surface area contributed by atoms with Crippen molar-refractivity contribution in [3.05, 3.63) is 18.0 Å². The Morgan fingerprint density at radius 2 is 2.17 bits per heavy atom. The highest BCUT2D eigenvalue weighted by Gasteiger charge is 2.18. The third-order valence-electron chi connectivity index (χ3n) is 3.88. The number of halogens is 1. The van der Waals surface area contributed by atoms with E-state index in [9.17, 15) is 0 Å². The topological polar surface area (TPSA) is 29.9 Å². The van der Waals surface area contributed by atoms with Gasteiger partial charge in [0, 0.05) is 23.2 Å². The molecule has 1 aromatic heterocycles. The maximum atomic E-state index is 4.71. The van der Waals surface area contributed by atoms with Crippen LogP contribution in [0.1, 0.15) is 51.3 Å². The lowest BCUT2D eigenvalue weighted by Crippen LogP contribution is -2.34. The number of hydrogen-bond acceptors (Lipinski definition) is 2. The van der Waals surface area contributed by atoms with E-state index in [1.54, 1.807) is 0 Å². The van der Waals surface area contributed by atoms with Crippen molar-refractivity contribution in [3.8, 4) is 0 Å². The minimum absolute atomic E-state index is 0.585. The molecular formula is C14H24IN3. The van der Waals surface area contributed by atoms with Crippen molar-refractivity contribution in [2.45, 2.75) is 58.2 Å². The van der Waals surface area contributed by atoms with Gasteiger partial charge in [0.1, 0.15) is 0 Å². The molecule has 1 saturated carbocycles. The van der Waals surface area contributed by atoms with Crippen molar-refractivity contribution >= 4 is 22.6 Å². The third kappa shape index (κ3) is 3.70. The van der Waals surface area contributed by atoms with Gasteiger partial charge in [-0.1, -0.05) is 49.3 Å². The molecule has 4 heteroatoms. The highest BCUT2D eigenvalue weighted by atomic mass is 127. The molecular weight excluding hydrogens is 337 g/mol. The smallest absolute Gasteiger partial charge is 0.0762 e. The molecule has 102 valence electrons. The second kappa shape index (κ2) is 6.89. The summed E-state index contributed by atoms with van der Waals surface area (Å²) in [5.74, 6) is 0.679. The van der Waals surface area contributed by atoms with Gasteiger partial charge >= 0.3 is 0 Å². The average molecular weight is 361 g/mol. The summed E-state index contributed by atoms with van der Waals surface area (Å²) in [4.78, 5) is 0. The summed E-state index contributed by atoms with van der Waals surface area (Å²) in [6, 6.07) is 3.40. The highest BCUT2D eigenvalue weighted by molar-refractivity contribution is 14.1. The molecule has 1 unspecified atom stereocenters. The van der Waals surface area contributed by atoms with Gasteiger partial charge in [-0.3, -0.25) is 4.68 Å². The van der Waals surface area contributed by atoms with Gasteiger partial charge in [-0.2, -0.15) is 5.10 Å². The second-order valence-electron chi connectivity index (χ2n) is 5.61. The van der Waals surface area contributed by atoms with Crippen LogP contribution in [-0.4, -0.2) is 20.2 Å². The van der Waals surface area contributed by atoms with Crippen molar-refractivity contribution in [1.29, 1.82) is 0 Å². The lowest BCUT2D eigenvalue weighted by atomic mass is 10.1. The number of hydrogen-bond donors (Lipinski definition) is 1. The molecule has 0 radical (unpaired) electrons. The first kappa shape index (κ1) is 14.3. The molecule has 0 aromatic carbocycles. The number of nitrogens with zero attached hydrogens (tertiary/aromatic N) is 2. The van der Waals surface area contributed by atoms with E-state index in [0.29, 0.717) is 18.0 Å². The van der Waals surface area contributed by atoms with Gasteiger partial charge in [0.25, 0.3) is 0 Å². The largest absolute Gasteiger partial charge is 0.307 e. The molecule has 1 heterocycles. The first-order chi connectivity index (χ1) is 8.70. The van der Waals surface area contributed by atoms with E-state index in [-0.39, 0.29) is 0 Å². The summed E-state index contributed by atoms with van der Waals surface area (Å²) >= 11 is 2.46. The molecule has 1 N–H and O–H groups in total. The van der Waals surface area contributed by atoms with Gasteiger partial charge in [0.15, 0.2) is 0 Å². The minimum atomic E-state index is 0.585. The number of alkyl halides is 1. The lowest BCUT2D eigenvalue weighted by molar-refractivity contribution is 0.425. The molecule has 0 saturated heterocycles. The van der Waals surface area contributed by atoms with Crippen molar-refractivity contribution in [2.24, 2.45) is 5.92 Å². The molecule has 0 aliphatic heterocycles. The zero-order valence-electron chi connectivity index (χ0n) is 11.4. The van der Waals surface area contributed by atoms with Gasteiger partial charge in [-0.15, -0.1) is 0 Å². The van der Waals surface area contributed by atoms with Crippen LogP contribution >= 0.6 is 22.6 Å². The second-order valence-corrected chi connectivity index (χ2v) is 6.49. The normalized spacial score (nSPS) is 18.7. The fourth-order valence-corrected chi connectivity index (χ4v) is 3.88. The summed E-state index contributed by atoms with van der Waals surface area (Å²) < 4.78 is 3.33. The van der Waals surface area contributed by atoms with Gasteiger partial charge in [0.2, 0.25) is 0 Å². The Hall–Kier alpha value is -0.100. The maximum Gasteiger partial charge on any atom is 0.0762 e. The zero-order valence-corrected chi connectivity index (χ0v) is 13.6. The fraction of sp³-hybridized carbons (Fsp3) is 0.786. The first-order valence-corrected chi connectivity index (χ1v) is 8.56. The predicted molar refractivity (Wildman–Crippen MR) is 84.1 cm³/mol. The van der Waals surface area contributed by atoms with Crippen LogP contribution in [-0.2, 0) is 6.54 Å². The van der Waals surface area contributed by atoms with E-state index in [4.69, 9.17) is 5.10 Å². The van der Waals surface area contributed by atoms with Crippen LogP contribution in [0.25, 0.3) is 0 Å². The van der Waals surface area contributed by atoms with Crippen LogP contribution in [0, 0.1) is 5.92 Å². The molecule has 1 atom stereocenters. The SMILES string of the molecule is CC(C)C(CI)NCc1ccn(C2CCCC2)n1. The number of nitrogens with one attached hydrogen (secondary N) is 1. The van der Waals surface area contributed by atoms with Crippen molar-refractivity contribution < 1.29 is 0 Å². The van der Waals surface area contributed by atoms with E-state index >= 15 is 0 Å². The maximum absolute atomic E-state index is 4.71. The molecule has 1 aliphatic rings. The van der Waals surface area contributed by atoms with E-state index in [1.807, 2.05) is 0 Å². The molecule has 1 fully saturated rings. The average Bonchev–Trinajstić information content (AvgIpc) is 2.99. The van der Waals surface area contributed by atoms with Crippen molar-refractivity contribution in [1.82, 2.24) is 15.1 Å². The third-order valence-corrected chi connectivity index (χ3v) is 4.83. The van der Waals surface area contributed by atoms with Crippen LogP contribution in [0.15, 0.2) is 12.3 Å². The Bertz CT molecular complexity index is 356. The molecule has 2 rings (SSSR count). The Balaban J connectivity index is 1.86. The van der Waals surface area contributed by atoms with Crippen LogP contribution < -0.4 is 5.32 Å². The number of aromatic nitrogens is 2. The van der Waals surface area contributed by atoms with Crippen LogP contribution in [0.4, 0.5) is 0 Å². The monoisotopic (exact) mass is 361 g/mol. The molecule has 3 nitrogen and oxygen atoms in total. The summed E-state index contributed by atoms with van der Waals surface area (Å²) in [6.45, 7) is 5.44. The predicted octanol–water partition coefficient (Wildman–Crippen LogP) is 3.55. The molecule has 18 heavy (non-hydrogen) atoms. The Kier molecular flexibility index (Phi) is 5.48. The van der Waals surface area contributed by atoms with E-state index in [2.05, 4.69) is 58.7 Å². The van der Waals surface area contributed by atoms with Gasteiger partial charge in [0.05, 0.1) is 11.7 Å². The lowest BCUT2D eigenvalue weighted by Gasteiger charge is -2.19. The van der Waals surface area contributed by atoms with E-state index < -0.39 is 0 Å².